The molecular formula is C12H10N2O4. The highest BCUT2D eigenvalue weighted by atomic mass is 16.2. The van der Waals surface area contributed by atoms with Crippen molar-refractivity contribution in [3.63, 3.8) is 0 Å². The number of nitrogens with one attached hydrogen (secondary N) is 1. The Bertz CT molecular complexity index is 538. The molecule has 0 spiro atoms. The number of hydrogen-bond acceptors (Lipinski definition) is 4. The van der Waals surface area contributed by atoms with Gasteiger partial charge in [-0.1, -0.05) is 18.2 Å². The first-order valence-electron chi connectivity index (χ1n) is 5.26. The van der Waals surface area contributed by atoms with Gasteiger partial charge in [-0.05, 0) is 19.1 Å². The minimum atomic E-state index is -1.46. The van der Waals surface area contributed by atoms with Gasteiger partial charge in [0.25, 0.3) is 5.91 Å². The maximum Gasteiger partial charge on any atom is 0.335 e. The Morgan fingerprint density at radius 2 is 1.78 bits per heavy atom. The quantitative estimate of drug-likeness (QED) is 0.769. The fourth-order valence-electron chi connectivity index (χ4n) is 1.75. The fraction of sp³-hybridized carbons (Fsp3) is 0.167. The van der Waals surface area contributed by atoms with Gasteiger partial charge in [-0.25, -0.2) is 9.69 Å². The zero-order chi connectivity index (χ0) is 13.3. The third-order valence-electron chi connectivity index (χ3n) is 2.58. The predicted molar refractivity (Wildman–Crippen MR) is 61.6 cm³/mol. The first kappa shape index (κ1) is 12.0. The van der Waals surface area contributed by atoms with Crippen LogP contribution in [-0.2, 0) is 14.4 Å². The van der Waals surface area contributed by atoms with E-state index in [0.717, 1.165) is 11.8 Å². The van der Waals surface area contributed by atoms with Crippen LogP contribution < -0.4 is 10.2 Å². The lowest BCUT2D eigenvalue weighted by atomic mass is 10.0. The molecule has 1 aromatic carbocycles. The number of nitrogens with zero attached hydrogens (tertiary/aromatic N) is 1. The lowest BCUT2D eigenvalue weighted by Gasteiger charge is -2.28. The van der Waals surface area contributed by atoms with Gasteiger partial charge in [0, 0.05) is 0 Å². The monoisotopic (exact) mass is 246 g/mol. The molecule has 1 fully saturated rings. The molecular weight excluding hydrogens is 236 g/mol. The number of carbonyl (C=O) groups excluding carboxylic acids is 4. The van der Waals surface area contributed by atoms with Crippen LogP contribution in [0, 0.1) is 5.92 Å². The minimum absolute atomic E-state index is 0.318. The molecule has 0 radical (unpaired) electrons. The van der Waals surface area contributed by atoms with Crippen LogP contribution >= 0.6 is 0 Å². The second-order valence-electron chi connectivity index (χ2n) is 3.85. The number of amides is 4. The standard InChI is InChI=1S/C12H10N2O4/c1-7(15)9-10(16)13-12(18)14(11(9)17)8-5-3-2-4-6-8/h2-6,9H,1H3,(H,13,16,18)/t9-/m1/s1. The van der Waals surface area contributed by atoms with Crippen LogP contribution in [0.25, 0.3) is 0 Å². The second-order valence-corrected chi connectivity index (χ2v) is 3.85. The van der Waals surface area contributed by atoms with Gasteiger partial charge in [-0.2, -0.15) is 0 Å². The molecule has 1 N–H and O–H groups in total. The Balaban J connectivity index is 2.42. The van der Waals surface area contributed by atoms with Gasteiger partial charge >= 0.3 is 6.03 Å². The zero-order valence-electron chi connectivity index (χ0n) is 9.54. The van der Waals surface area contributed by atoms with Crippen molar-refractivity contribution in [2.75, 3.05) is 4.90 Å². The van der Waals surface area contributed by atoms with Gasteiger partial charge in [0.05, 0.1) is 5.69 Å². The zero-order valence-corrected chi connectivity index (χ0v) is 9.54. The molecule has 4 amide bonds. The van der Waals surface area contributed by atoms with Crippen molar-refractivity contribution < 1.29 is 19.2 Å². The summed E-state index contributed by atoms with van der Waals surface area (Å²) < 4.78 is 0. The van der Waals surface area contributed by atoms with Crippen LogP contribution in [0.15, 0.2) is 30.3 Å². The van der Waals surface area contributed by atoms with E-state index in [1.807, 2.05) is 5.32 Å². The molecule has 1 aromatic rings. The maximum atomic E-state index is 12.0. The molecule has 0 saturated carbocycles. The first-order chi connectivity index (χ1) is 8.52. The molecule has 2 rings (SSSR count). The Morgan fingerprint density at radius 1 is 1.17 bits per heavy atom. The smallest absolute Gasteiger partial charge is 0.299 e. The Kier molecular flexibility index (Phi) is 2.93. The van der Waals surface area contributed by atoms with Gasteiger partial charge in [-0.3, -0.25) is 19.7 Å². The summed E-state index contributed by atoms with van der Waals surface area (Å²) in [6, 6.07) is 7.27. The van der Waals surface area contributed by atoms with Gasteiger partial charge in [0.1, 0.15) is 0 Å². The van der Waals surface area contributed by atoms with Crippen molar-refractivity contribution in [1.29, 1.82) is 0 Å². The topological polar surface area (TPSA) is 83.6 Å². The Labute approximate surface area is 103 Å². The average Bonchev–Trinajstić information content (AvgIpc) is 2.28. The van der Waals surface area contributed by atoms with Crippen molar-refractivity contribution in [3.8, 4) is 0 Å². The van der Waals surface area contributed by atoms with E-state index in [-0.39, 0.29) is 0 Å². The molecule has 0 bridgehead atoms. The highest BCUT2D eigenvalue weighted by Crippen LogP contribution is 2.20. The van der Waals surface area contributed by atoms with Crippen LogP contribution in [-0.4, -0.2) is 23.6 Å². The van der Waals surface area contributed by atoms with Crippen molar-refractivity contribution in [3.05, 3.63) is 30.3 Å². The van der Waals surface area contributed by atoms with Gasteiger partial charge < -0.3 is 0 Å². The average molecular weight is 246 g/mol. The molecule has 1 atom stereocenters. The number of rotatable bonds is 2. The number of para-hydroxylation sites is 1. The van der Waals surface area contributed by atoms with E-state index in [9.17, 15) is 19.2 Å². The number of carbonyl (C=O) groups is 4. The number of imide groups is 2. The first-order valence-corrected chi connectivity index (χ1v) is 5.26. The van der Waals surface area contributed by atoms with Crippen molar-refractivity contribution in [1.82, 2.24) is 5.32 Å². The molecule has 6 heteroatoms. The SMILES string of the molecule is CC(=O)[C@@H]1C(=O)NC(=O)N(c2ccccc2)C1=O. The third kappa shape index (κ3) is 1.88. The summed E-state index contributed by atoms with van der Waals surface area (Å²) in [5, 5.41) is 2.00. The lowest BCUT2D eigenvalue weighted by molar-refractivity contribution is -0.140. The summed E-state index contributed by atoms with van der Waals surface area (Å²) in [7, 11) is 0. The van der Waals surface area contributed by atoms with Crippen molar-refractivity contribution >= 4 is 29.3 Å². The van der Waals surface area contributed by atoms with Crippen LogP contribution in [0.5, 0.6) is 0 Å². The maximum absolute atomic E-state index is 12.0. The van der Waals surface area contributed by atoms with E-state index < -0.39 is 29.5 Å². The normalized spacial score (nSPS) is 19.7. The van der Waals surface area contributed by atoms with Crippen molar-refractivity contribution in [2.45, 2.75) is 6.92 Å². The van der Waals surface area contributed by atoms with Gasteiger partial charge in [-0.15, -0.1) is 0 Å². The number of Topliss-reactive ketones (excluding diaryl/α,β-unsaturated/α-hetero) is 1. The molecule has 18 heavy (non-hydrogen) atoms. The van der Waals surface area contributed by atoms with Gasteiger partial charge in [0.2, 0.25) is 5.91 Å². The molecule has 1 aliphatic rings. The van der Waals surface area contributed by atoms with Crippen LogP contribution in [0.1, 0.15) is 6.92 Å². The van der Waals surface area contributed by atoms with Gasteiger partial charge in [0.15, 0.2) is 11.7 Å². The van der Waals surface area contributed by atoms with E-state index >= 15 is 0 Å². The molecule has 6 nitrogen and oxygen atoms in total. The summed E-state index contributed by atoms with van der Waals surface area (Å²) in [5.41, 5.74) is 0.318. The largest absolute Gasteiger partial charge is 0.335 e. The highest BCUT2D eigenvalue weighted by molar-refractivity contribution is 6.34. The number of urea groups is 1. The second kappa shape index (κ2) is 4.40. The molecule has 0 aliphatic carbocycles. The number of benzene rings is 1. The van der Waals surface area contributed by atoms with E-state index in [4.69, 9.17) is 0 Å². The Morgan fingerprint density at radius 3 is 2.33 bits per heavy atom. The van der Waals surface area contributed by atoms with E-state index in [1.54, 1.807) is 30.3 Å². The molecule has 92 valence electrons. The summed E-state index contributed by atoms with van der Waals surface area (Å²) in [4.78, 5) is 47.2. The molecule has 1 heterocycles. The number of barbiturate groups is 1. The molecule has 1 saturated heterocycles. The lowest BCUT2D eigenvalue weighted by Crippen LogP contribution is -2.59. The molecule has 0 aromatic heterocycles. The number of ketones is 1. The fourth-order valence-corrected chi connectivity index (χ4v) is 1.75. The Hall–Kier alpha value is -2.50. The van der Waals surface area contributed by atoms with E-state index in [1.165, 1.54) is 0 Å². The van der Waals surface area contributed by atoms with Crippen LogP contribution in [0.3, 0.4) is 0 Å². The van der Waals surface area contributed by atoms with Crippen LogP contribution in [0.4, 0.5) is 10.5 Å². The van der Waals surface area contributed by atoms with Crippen molar-refractivity contribution in [2.24, 2.45) is 5.92 Å². The number of anilines is 1. The van der Waals surface area contributed by atoms with E-state index in [0.29, 0.717) is 5.69 Å². The predicted octanol–water partition coefficient (Wildman–Crippen LogP) is 0.475. The summed E-state index contributed by atoms with van der Waals surface area (Å²) >= 11 is 0. The molecule has 0 unspecified atom stereocenters. The van der Waals surface area contributed by atoms with Crippen LogP contribution in [0.2, 0.25) is 0 Å². The molecule has 1 aliphatic heterocycles. The summed E-state index contributed by atoms with van der Waals surface area (Å²) in [6.07, 6.45) is 0. The van der Waals surface area contributed by atoms with E-state index in [2.05, 4.69) is 0 Å². The highest BCUT2D eigenvalue weighted by Gasteiger charge is 2.43. The summed E-state index contributed by atoms with van der Waals surface area (Å²) in [5.74, 6) is -3.74. The summed E-state index contributed by atoms with van der Waals surface area (Å²) in [6.45, 7) is 1.14. The number of hydrogen-bond donors (Lipinski definition) is 1. The minimum Gasteiger partial charge on any atom is -0.299 e. The third-order valence-corrected chi connectivity index (χ3v) is 2.58.